The van der Waals surface area contributed by atoms with Crippen LogP contribution in [0.25, 0.3) is 0 Å². The van der Waals surface area contributed by atoms with Gasteiger partial charge in [0.15, 0.2) is 0 Å². The second kappa shape index (κ2) is 5.97. The molecule has 0 aromatic rings. The average Bonchev–Trinajstić information content (AvgIpc) is 2.28. The summed E-state index contributed by atoms with van der Waals surface area (Å²) in [6.07, 6.45) is -3.48. The molecule has 1 heterocycles. The Morgan fingerprint density at radius 3 is 2.65 bits per heavy atom. The van der Waals surface area contributed by atoms with Crippen molar-refractivity contribution in [1.29, 1.82) is 0 Å². The van der Waals surface area contributed by atoms with Crippen molar-refractivity contribution in [3.63, 3.8) is 0 Å². The van der Waals surface area contributed by atoms with Crippen molar-refractivity contribution < 1.29 is 29.6 Å². The van der Waals surface area contributed by atoms with Crippen LogP contribution in [0.4, 0.5) is 0 Å². The van der Waals surface area contributed by atoms with Crippen molar-refractivity contribution in [3.8, 4) is 0 Å². The molecule has 0 unspecified atom stereocenters. The highest BCUT2D eigenvalue weighted by atomic mass is 16.7. The minimum absolute atomic E-state index is 0.398. The normalized spacial score (nSPS) is 37.3. The quantitative estimate of drug-likeness (QED) is 0.432. The molecule has 1 aliphatic rings. The zero-order chi connectivity index (χ0) is 13.0. The number of rotatable bonds is 4. The maximum Gasteiger partial charge on any atom is 0.222 e. The van der Waals surface area contributed by atoms with Gasteiger partial charge in [-0.3, -0.25) is 4.79 Å². The van der Waals surface area contributed by atoms with Crippen LogP contribution in [-0.2, 0) is 14.3 Å². The Bertz CT molecular complexity index is 284. The molecule has 1 amide bonds. The van der Waals surface area contributed by atoms with Gasteiger partial charge in [0.05, 0.1) is 12.9 Å². The monoisotopic (exact) mass is 247 g/mol. The predicted molar refractivity (Wildman–Crippen MR) is 56.6 cm³/mol. The van der Waals surface area contributed by atoms with E-state index >= 15 is 0 Å². The smallest absolute Gasteiger partial charge is 0.222 e. The summed E-state index contributed by atoms with van der Waals surface area (Å²) in [5.41, 5.74) is 0. The van der Waals surface area contributed by atoms with Crippen molar-refractivity contribution in [3.05, 3.63) is 12.8 Å². The van der Waals surface area contributed by atoms with Gasteiger partial charge in [-0.2, -0.15) is 0 Å². The number of hydrogen-bond acceptors (Lipinski definition) is 6. The van der Waals surface area contributed by atoms with Crippen molar-refractivity contribution in [2.45, 2.75) is 37.6 Å². The van der Waals surface area contributed by atoms with Crippen LogP contribution in [0.5, 0.6) is 0 Å². The van der Waals surface area contributed by atoms with Crippen LogP contribution in [0.3, 0.4) is 0 Å². The number of nitrogens with one attached hydrogen (secondary N) is 1. The molecule has 0 aromatic carbocycles. The van der Waals surface area contributed by atoms with Gasteiger partial charge in [0.25, 0.3) is 0 Å². The summed E-state index contributed by atoms with van der Waals surface area (Å²) in [7, 11) is 0. The molecule has 7 nitrogen and oxygen atoms in total. The first-order valence-electron chi connectivity index (χ1n) is 5.17. The highest BCUT2D eigenvalue weighted by Gasteiger charge is 2.45. The van der Waals surface area contributed by atoms with E-state index in [1.807, 2.05) is 0 Å². The van der Waals surface area contributed by atoms with Gasteiger partial charge in [-0.05, 0) is 0 Å². The molecule has 1 rings (SSSR count). The lowest BCUT2D eigenvalue weighted by molar-refractivity contribution is -0.255. The summed E-state index contributed by atoms with van der Waals surface area (Å²) in [5.74, 6) is -0.398. The van der Waals surface area contributed by atoms with Gasteiger partial charge in [-0.25, -0.2) is 0 Å². The van der Waals surface area contributed by atoms with E-state index in [1.165, 1.54) is 6.92 Å². The van der Waals surface area contributed by atoms with E-state index in [0.29, 0.717) is 0 Å². The van der Waals surface area contributed by atoms with Crippen LogP contribution in [0.15, 0.2) is 12.8 Å². The zero-order valence-electron chi connectivity index (χ0n) is 9.44. The lowest BCUT2D eigenvalue weighted by Gasteiger charge is -2.41. The number of carbonyl (C=O) groups is 1. The topological polar surface area (TPSA) is 108 Å². The molecular formula is C10H17NO6. The number of aliphatic hydroxyl groups is 3. The first kappa shape index (κ1) is 13.9. The minimum atomic E-state index is -1.30. The summed E-state index contributed by atoms with van der Waals surface area (Å²) >= 11 is 0. The SMILES string of the molecule is C=CO[C@@H]1O[C@H](CO)[C@@H](O)[C@H](O)[C@H]1NC(C)=O. The second-order valence-corrected chi connectivity index (χ2v) is 3.74. The highest BCUT2D eigenvalue weighted by molar-refractivity contribution is 5.73. The Balaban J connectivity index is 2.82. The fraction of sp³-hybridized carbons (Fsp3) is 0.700. The number of hydrogen-bond donors (Lipinski definition) is 4. The van der Waals surface area contributed by atoms with Gasteiger partial charge in [0.2, 0.25) is 12.2 Å². The lowest BCUT2D eigenvalue weighted by atomic mass is 9.97. The Kier molecular flexibility index (Phi) is 4.88. The second-order valence-electron chi connectivity index (χ2n) is 3.74. The molecule has 1 saturated heterocycles. The van der Waals surface area contributed by atoms with E-state index in [-0.39, 0.29) is 0 Å². The van der Waals surface area contributed by atoms with Crippen molar-refractivity contribution in [2.75, 3.05) is 6.61 Å². The van der Waals surface area contributed by atoms with Gasteiger partial charge >= 0.3 is 0 Å². The van der Waals surface area contributed by atoms with E-state index in [9.17, 15) is 15.0 Å². The first-order valence-corrected chi connectivity index (χ1v) is 5.17. The maximum absolute atomic E-state index is 11.0. The Labute approximate surface area is 98.6 Å². The number of amides is 1. The molecule has 0 spiro atoms. The molecule has 0 saturated carbocycles. The van der Waals surface area contributed by atoms with Gasteiger partial charge < -0.3 is 30.1 Å². The van der Waals surface area contributed by atoms with E-state index in [2.05, 4.69) is 11.9 Å². The molecule has 98 valence electrons. The molecule has 17 heavy (non-hydrogen) atoms. The minimum Gasteiger partial charge on any atom is -0.471 e. The van der Waals surface area contributed by atoms with Gasteiger partial charge in [0.1, 0.15) is 24.4 Å². The molecule has 0 radical (unpaired) electrons. The van der Waals surface area contributed by atoms with Crippen LogP contribution in [0, 0.1) is 0 Å². The highest BCUT2D eigenvalue weighted by Crippen LogP contribution is 2.22. The van der Waals surface area contributed by atoms with Gasteiger partial charge in [0, 0.05) is 6.92 Å². The van der Waals surface area contributed by atoms with E-state index in [0.717, 1.165) is 6.26 Å². The molecule has 1 aliphatic heterocycles. The Morgan fingerprint density at radius 1 is 1.53 bits per heavy atom. The standard InChI is InChI=1S/C10H17NO6/c1-3-16-10-7(11-5(2)13)9(15)8(14)6(4-12)17-10/h3,6-10,12,14-15H,1,4H2,2H3,(H,11,13)/t6-,7-,8-,9-,10-/m1/s1. The maximum atomic E-state index is 11.0. The summed E-state index contributed by atoms with van der Waals surface area (Å²) in [4.78, 5) is 11.0. The molecule has 5 atom stereocenters. The van der Waals surface area contributed by atoms with E-state index in [4.69, 9.17) is 14.6 Å². The molecule has 4 N–H and O–H groups in total. The fourth-order valence-electron chi connectivity index (χ4n) is 1.68. The summed E-state index contributed by atoms with van der Waals surface area (Å²) in [6.45, 7) is 4.14. The Morgan fingerprint density at radius 2 is 2.18 bits per heavy atom. The third-order valence-electron chi connectivity index (χ3n) is 2.48. The Hall–Kier alpha value is -1.15. The molecule has 0 aliphatic carbocycles. The van der Waals surface area contributed by atoms with Gasteiger partial charge in [-0.1, -0.05) is 6.58 Å². The molecule has 0 aromatic heterocycles. The fourth-order valence-corrected chi connectivity index (χ4v) is 1.68. The lowest BCUT2D eigenvalue weighted by Crippen LogP contribution is -2.64. The zero-order valence-corrected chi connectivity index (χ0v) is 9.44. The molecule has 0 bridgehead atoms. The summed E-state index contributed by atoms with van der Waals surface area (Å²) < 4.78 is 10.2. The van der Waals surface area contributed by atoms with E-state index < -0.39 is 43.2 Å². The van der Waals surface area contributed by atoms with Crippen molar-refractivity contribution in [2.24, 2.45) is 0 Å². The number of ether oxygens (including phenoxy) is 2. The largest absolute Gasteiger partial charge is 0.471 e. The average molecular weight is 247 g/mol. The molecule has 7 heteroatoms. The third kappa shape index (κ3) is 3.16. The van der Waals surface area contributed by atoms with Gasteiger partial charge in [-0.15, -0.1) is 0 Å². The van der Waals surface area contributed by atoms with Crippen LogP contribution in [0.1, 0.15) is 6.92 Å². The van der Waals surface area contributed by atoms with Crippen LogP contribution >= 0.6 is 0 Å². The van der Waals surface area contributed by atoms with E-state index in [1.54, 1.807) is 0 Å². The van der Waals surface area contributed by atoms with Crippen LogP contribution in [-0.4, -0.2) is 58.5 Å². The molecular weight excluding hydrogens is 230 g/mol. The first-order chi connectivity index (χ1) is 8.01. The molecule has 1 fully saturated rings. The number of aliphatic hydroxyl groups excluding tert-OH is 3. The van der Waals surface area contributed by atoms with Crippen LogP contribution < -0.4 is 5.32 Å². The summed E-state index contributed by atoms with van der Waals surface area (Å²) in [6, 6.07) is -0.928. The van der Waals surface area contributed by atoms with Crippen LogP contribution in [0.2, 0.25) is 0 Å². The predicted octanol–water partition coefficient (Wildman–Crippen LogP) is -1.91. The third-order valence-corrected chi connectivity index (χ3v) is 2.48. The number of carbonyl (C=O) groups excluding carboxylic acids is 1. The van der Waals surface area contributed by atoms with Crippen molar-refractivity contribution in [1.82, 2.24) is 5.32 Å². The summed E-state index contributed by atoms with van der Waals surface area (Å²) in [5, 5.41) is 30.8. The van der Waals surface area contributed by atoms with Crippen molar-refractivity contribution >= 4 is 5.91 Å².